The van der Waals surface area contributed by atoms with E-state index in [0.29, 0.717) is 25.8 Å². The molecule has 2 fully saturated rings. The van der Waals surface area contributed by atoms with Crippen molar-refractivity contribution in [1.82, 2.24) is 5.32 Å². The number of hydrogen-bond acceptors (Lipinski definition) is 3. The van der Waals surface area contributed by atoms with Crippen molar-refractivity contribution < 1.29 is 9.53 Å². The molecule has 1 unspecified atom stereocenters. The first kappa shape index (κ1) is 13.8. The van der Waals surface area contributed by atoms with Crippen molar-refractivity contribution in [3.05, 3.63) is 0 Å². The average molecular weight is 254 g/mol. The molecule has 104 valence electrons. The van der Waals surface area contributed by atoms with Crippen LogP contribution in [0.4, 0.5) is 0 Å². The van der Waals surface area contributed by atoms with E-state index < -0.39 is 0 Å². The molecule has 0 spiro atoms. The molecule has 0 aromatic rings. The van der Waals surface area contributed by atoms with Gasteiger partial charge in [-0.1, -0.05) is 19.8 Å². The smallest absolute Gasteiger partial charge is 0.227 e. The Morgan fingerprint density at radius 1 is 1.44 bits per heavy atom. The van der Waals surface area contributed by atoms with Crippen LogP contribution in [0.25, 0.3) is 0 Å². The molecule has 0 bridgehead atoms. The van der Waals surface area contributed by atoms with Crippen molar-refractivity contribution in [2.75, 3.05) is 19.8 Å². The number of ether oxygens (including phenoxy) is 1. The maximum Gasteiger partial charge on any atom is 0.227 e. The molecule has 1 heterocycles. The van der Waals surface area contributed by atoms with Gasteiger partial charge in [0.15, 0.2) is 0 Å². The Hall–Kier alpha value is -0.610. The third-order valence-corrected chi connectivity index (χ3v) is 4.47. The molecule has 4 heteroatoms. The summed E-state index contributed by atoms with van der Waals surface area (Å²) in [6.45, 7) is 3.89. The summed E-state index contributed by atoms with van der Waals surface area (Å²) >= 11 is 0. The summed E-state index contributed by atoms with van der Waals surface area (Å²) in [5.41, 5.74) is 5.47. The minimum absolute atomic E-state index is 0.154. The van der Waals surface area contributed by atoms with Gasteiger partial charge >= 0.3 is 0 Å². The molecule has 18 heavy (non-hydrogen) atoms. The lowest BCUT2D eigenvalue weighted by Gasteiger charge is -2.35. The van der Waals surface area contributed by atoms with Crippen LogP contribution in [-0.2, 0) is 9.53 Å². The molecule has 0 aromatic heterocycles. The SMILES string of the molecule is CCC(CC1CC1)NC(=O)C1(CN)CCOCC1. The maximum absolute atomic E-state index is 12.5. The Labute approximate surface area is 110 Å². The summed E-state index contributed by atoms with van der Waals surface area (Å²) in [6.07, 6.45) is 6.34. The van der Waals surface area contributed by atoms with Crippen LogP contribution in [0.15, 0.2) is 0 Å². The van der Waals surface area contributed by atoms with Crippen LogP contribution in [0, 0.1) is 11.3 Å². The van der Waals surface area contributed by atoms with E-state index in [2.05, 4.69) is 12.2 Å². The van der Waals surface area contributed by atoms with Crippen LogP contribution >= 0.6 is 0 Å². The zero-order chi connectivity index (χ0) is 13.0. The van der Waals surface area contributed by atoms with Gasteiger partial charge in [0.1, 0.15) is 0 Å². The number of carbonyl (C=O) groups excluding carboxylic acids is 1. The van der Waals surface area contributed by atoms with E-state index in [0.717, 1.165) is 31.6 Å². The number of amides is 1. The lowest BCUT2D eigenvalue weighted by atomic mass is 9.79. The Bertz CT molecular complexity index is 284. The van der Waals surface area contributed by atoms with Crippen molar-refractivity contribution in [2.45, 2.75) is 51.5 Å². The van der Waals surface area contributed by atoms with Crippen molar-refractivity contribution in [3.63, 3.8) is 0 Å². The van der Waals surface area contributed by atoms with Gasteiger partial charge in [-0.3, -0.25) is 4.79 Å². The van der Waals surface area contributed by atoms with Crippen LogP contribution in [-0.4, -0.2) is 31.7 Å². The normalized spacial score (nSPS) is 24.6. The Morgan fingerprint density at radius 3 is 2.61 bits per heavy atom. The predicted molar refractivity (Wildman–Crippen MR) is 71.1 cm³/mol. The molecule has 1 saturated heterocycles. The first-order valence-electron chi connectivity index (χ1n) is 7.29. The second-order valence-corrected chi connectivity index (χ2v) is 5.85. The number of nitrogens with two attached hydrogens (primary N) is 1. The molecule has 0 radical (unpaired) electrons. The molecular formula is C14H26N2O2. The van der Waals surface area contributed by atoms with E-state index in [1.54, 1.807) is 0 Å². The molecule has 1 aliphatic heterocycles. The van der Waals surface area contributed by atoms with Crippen molar-refractivity contribution >= 4 is 5.91 Å². The standard InChI is InChI=1S/C14H26N2O2/c1-2-12(9-11-3-4-11)16-13(17)14(10-15)5-7-18-8-6-14/h11-12H,2-10,15H2,1H3,(H,16,17). The molecule has 1 aliphatic carbocycles. The van der Waals surface area contributed by atoms with E-state index in [4.69, 9.17) is 10.5 Å². The highest BCUT2D eigenvalue weighted by Gasteiger charge is 2.39. The van der Waals surface area contributed by atoms with Gasteiger partial charge in [0.2, 0.25) is 5.91 Å². The lowest BCUT2D eigenvalue weighted by Crippen LogP contribution is -2.51. The van der Waals surface area contributed by atoms with Crippen LogP contribution in [0.3, 0.4) is 0 Å². The summed E-state index contributed by atoms with van der Waals surface area (Å²) < 4.78 is 5.35. The summed E-state index contributed by atoms with van der Waals surface area (Å²) in [7, 11) is 0. The number of carbonyl (C=O) groups is 1. The van der Waals surface area contributed by atoms with Crippen LogP contribution in [0.5, 0.6) is 0 Å². The van der Waals surface area contributed by atoms with Crippen molar-refractivity contribution in [1.29, 1.82) is 0 Å². The Balaban J connectivity index is 1.90. The Kier molecular flexibility index (Phi) is 4.62. The molecule has 1 atom stereocenters. The van der Waals surface area contributed by atoms with Gasteiger partial charge in [-0.2, -0.15) is 0 Å². The molecule has 3 N–H and O–H groups in total. The molecule has 2 aliphatic rings. The topological polar surface area (TPSA) is 64.4 Å². The molecule has 4 nitrogen and oxygen atoms in total. The molecule has 0 aromatic carbocycles. The van der Waals surface area contributed by atoms with Gasteiger partial charge in [-0.05, 0) is 31.6 Å². The third-order valence-electron chi connectivity index (χ3n) is 4.47. The summed E-state index contributed by atoms with van der Waals surface area (Å²) in [5, 5.41) is 3.22. The molecule has 1 amide bonds. The molecular weight excluding hydrogens is 228 g/mol. The zero-order valence-corrected chi connectivity index (χ0v) is 11.4. The van der Waals surface area contributed by atoms with E-state index in [9.17, 15) is 4.79 Å². The minimum Gasteiger partial charge on any atom is -0.381 e. The quantitative estimate of drug-likeness (QED) is 0.754. The monoisotopic (exact) mass is 254 g/mol. The summed E-state index contributed by atoms with van der Waals surface area (Å²) in [6, 6.07) is 0.330. The van der Waals surface area contributed by atoms with Crippen LogP contribution in [0.2, 0.25) is 0 Å². The minimum atomic E-state index is -0.380. The summed E-state index contributed by atoms with van der Waals surface area (Å²) in [4.78, 5) is 12.5. The molecule has 1 saturated carbocycles. The highest BCUT2D eigenvalue weighted by Crippen LogP contribution is 2.35. The third kappa shape index (κ3) is 3.23. The lowest BCUT2D eigenvalue weighted by molar-refractivity contribution is -0.136. The van der Waals surface area contributed by atoms with Gasteiger partial charge in [-0.25, -0.2) is 0 Å². The van der Waals surface area contributed by atoms with E-state index >= 15 is 0 Å². The van der Waals surface area contributed by atoms with Gasteiger partial charge < -0.3 is 15.8 Å². The zero-order valence-electron chi connectivity index (χ0n) is 11.4. The van der Waals surface area contributed by atoms with Crippen LogP contribution in [0.1, 0.15) is 45.4 Å². The molecule has 2 rings (SSSR count). The first-order valence-corrected chi connectivity index (χ1v) is 7.29. The summed E-state index contributed by atoms with van der Waals surface area (Å²) in [5.74, 6) is 1.000. The number of hydrogen-bond donors (Lipinski definition) is 2. The van der Waals surface area contributed by atoms with Gasteiger partial charge in [-0.15, -0.1) is 0 Å². The highest BCUT2D eigenvalue weighted by atomic mass is 16.5. The first-order chi connectivity index (χ1) is 8.70. The fourth-order valence-electron chi connectivity index (χ4n) is 2.71. The fourth-order valence-corrected chi connectivity index (χ4v) is 2.71. The van der Waals surface area contributed by atoms with Crippen LogP contribution < -0.4 is 11.1 Å². The average Bonchev–Trinajstić information content (AvgIpc) is 3.22. The second kappa shape index (κ2) is 6.02. The van der Waals surface area contributed by atoms with Gasteiger partial charge in [0, 0.05) is 25.8 Å². The van der Waals surface area contributed by atoms with Gasteiger partial charge in [0.05, 0.1) is 5.41 Å². The predicted octanol–water partition coefficient (Wildman–Crippen LogP) is 1.44. The number of nitrogens with one attached hydrogen (secondary N) is 1. The maximum atomic E-state index is 12.5. The largest absolute Gasteiger partial charge is 0.381 e. The fraction of sp³-hybridized carbons (Fsp3) is 0.929. The van der Waals surface area contributed by atoms with Gasteiger partial charge in [0.25, 0.3) is 0 Å². The van der Waals surface area contributed by atoms with Crippen molar-refractivity contribution in [2.24, 2.45) is 17.1 Å². The van der Waals surface area contributed by atoms with E-state index in [-0.39, 0.29) is 11.3 Å². The second-order valence-electron chi connectivity index (χ2n) is 5.85. The van der Waals surface area contributed by atoms with E-state index in [1.807, 2.05) is 0 Å². The Morgan fingerprint density at radius 2 is 2.11 bits per heavy atom. The van der Waals surface area contributed by atoms with E-state index in [1.165, 1.54) is 12.8 Å². The number of rotatable bonds is 6. The van der Waals surface area contributed by atoms with Crippen molar-refractivity contribution in [3.8, 4) is 0 Å². The highest BCUT2D eigenvalue weighted by molar-refractivity contribution is 5.83.